The van der Waals surface area contributed by atoms with E-state index in [4.69, 9.17) is 15.2 Å². The smallest absolute Gasteiger partial charge is 0.120 e. The number of rotatable bonds is 5. The van der Waals surface area contributed by atoms with Crippen molar-refractivity contribution in [3.05, 3.63) is 24.3 Å². The van der Waals surface area contributed by atoms with Crippen LogP contribution >= 0.6 is 0 Å². The lowest BCUT2D eigenvalue weighted by molar-refractivity contribution is -0.0928. The predicted molar refractivity (Wildman–Crippen MR) is 87.1 cm³/mol. The third-order valence-electron chi connectivity index (χ3n) is 5.00. The molecule has 1 aromatic rings. The number of nitrogens with zero attached hydrogens (tertiary/aromatic N) is 1. The second kappa shape index (κ2) is 6.24. The molecule has 21 heavy (non-hydrogen) atoms. The van der Waals surface area contributed by atoms with Gasteiger partial charge in [-0.15, -0.1) is 0 Å². The largest absolute Gasteiger partial charge is 0.497 e. The minimum Gasteiger partial charge on any atom is -0.497 e. The molecule has 2 rings (SSSR count). The molecule has 1 aliphatic heterocycles. The van der Waals surface area contributed by atoms with Crippen LogP contribution < -0.4 is 15.4 Å². The number of nitrogens with two attached hydrogens (primary N) is 1. The summed E-state index contributed by atoms with van der Waals surface area (Å²) < 4.78 is 11.3. The first-order valence-corrected chi connectivity index (χ1v) is 7.70. The monoisotopic (exact) mass is 292 g/mol. The molecule has 0 radical (unpaired) electrons. The van der Waals surface area contributed by atoms with E-state index in [2.05, 4.69) is 37.9 Å². The molecule has 118 valence electrons. The maximum atomic E-state index is 6.19. The average molecular weight is 292 g/mol. The van der Waals surface area contributed by atoms with Crippen molar-refractivity contribution in [2.75, 3.05) is 32.2 Å². The van der Waals surface area contributed by atoms with Crippen LogP contribution in [-0.2, 0) is 4.74 Å². The molecule has 2 unspecified atom stereocenters. The Hall–Kier alpha value is -1.26. The zero-order valence-electron chi connectivity index (χ0n) is 13.7. The normalized spacial score (nSPS) is 29.2. The molecule has 0 aromatic heterocycles. The lowest BCUT2D eigenvalue weighted by atomic mass is 9.78. The molecule has 1 saturated heterocycles. The van der Waals surface area contributed by atoms with Crippen molar-refractivity contribution < 1.29 is 9.47 Å². The van der Waals surface area contributed by atoms with Gasteiger partial charge in [0.05, 0.1) is 18.2 Å². The minimum atomic E-state index is -0.0925. The molecule has 1 fully saturated rings. The summed E-state index contributed by atoms with van der Waals surface area (Å²) in [5.74, 6) is 0.872. The average Bonchev–Trinajstić information content (AvgIpc) is 2.54. The summed E-state index contributed by atoms with van der Waals surface area (Å²) in [5.41, 5.74) is 7.18. The Bertz CT molecular complexity index is 480. The topological polar surface area (TPSA) is 47.7 Å². The molecule has 1 aromatic carbocycles. The second-order valence-electron chi connectivity index (χ2n) is 6.27. The standard InChI is InChI=1S/C17H28N2O2/c1-5-16(2)12-17(13-18,9-10-21-16)19(3)14-7-6-8-15(11-14)20-4/h6-8,11H,5,9-10,12-13,18H2,1-4H3. The van der Waals surface area contributed by atoms with Crippen molar-refractivity contribution in [1.82, 2.24) is 0 Å². The van der Waals surface area contributed by atoms with E-state index in [9.17, 15) is 0 Å². The molecular weight excluding hydrogens is 264 g/mol. The Labute approximate surface area is 128 Å². The summed E-state index contributed by atoms with van der Waals surface area (Å²) >= 11 is 0. The van der Waals surface area contributed by atoms with Gasteiger partial charge in [-0.2, -0.15) is 0 Å². The van der Waals surface area contributed by atoms with Gasteiger partial charge in [0.1, 0.15) is 5.75 Å². The Morgan fingerprint density at radius 1 is 1.43 bits per heavy atom. The Morgan fingerprint density at radius 2 is 2.19 bits per heavy atom. The van der Waals surface area contributed by atoms with Crippen molar-refractivity contribution in [1.29, 1.82) is 0 Å². The van der Waals surface area contributed by atoms with E-state index < -0.39 is 0 Å². The van der Waals surface area contributed by atoms with Gasteiger partial charge >= 0.3 is 0 Å². The van der Waals surface area contributed by atoms with Crippen LogP contribution in [0.3, 0.4) is 0 Å². The maximum Gasteiger partial charge on any atom is 0.120 e. The molecule has 1 heterocycles. The van der Waals surface area contributed by atoms with Crippen molar-refractivity contribution in [2.24, 2.45) is 5.73 Å². The number of anilines is 1. The fourth-order valence-corrected chi connectivity index (χ4v) is 3.24. The fourth-order valence-electron chi connectivity index (χ4n) is 3.24. The number of hydrogen-bond acceptors (Lipinski definition) is 4. The summed E-state index contributed by atoms with van der Waals surface area (Å²) in [6, 6.07) is 8.16. The first-order chi connectivity index (χ1) is 9.98. The van der Waals surface area contributed by atoms with Crippen LogP contribution in [0.5, 0.6) is 5.75 Å². The van der Waals surface area contributed by atoms with Crippen molar-refractivity contribution in [3.63, 3.8) is 0 Å². The lowest BCUT2D eigenvalue weighted by Gasteiger charge is -2.51. The predicted octanol–water partition coefficient (Wildman–Crippen LogP) is 2.81. The number of ether oxygens (including phenoxy) is 2. The number of likely N-dealkylation sites (N-methyl/N-ethyl adjacent to an activating group) is 1. The lowest BCUT2D eigenvalue weighted by Crippen LogP contribution is -2.60. The van der Waals surface area contributed by atoms with Crippen LogP contribution in [0.1, 0.15) is 33.1 Å². The van der Waals surface area contributed by atoms with Crippen LogP contribution in [0, 0.1) is 0 Å². The number of benzene rings is 1. The van der Waals surface area contributed by atoms with Gasteiger partial charge in [0.25, 0.3) is 0 Å². The minimum absolute atomic E-state index is 0.0601. The highest BCUT2D eigenvalue weighted by Crippen LogP contribution is 2.39. The Balaban J connectivity index is 2.30. The van der Waals surface area contributed by atoms with Crippen molar-refractivity contribution in [3.8, 4) is 5.75 Å². The van der Waals surface area contributed by atoms with E-state index >= 15 is 0 Å². The SMILES string of the molecule is CCC1(C)CC(CN)(N(C)c2cccc(OC)c2)CCO1. The highest BCUT2D eigenvalue weighted by atomic mass is 16.5. The summed E-state index contributed by atoms with van der Waals surface area (Å²) in [5, 5.41) is 0. The first-order valence-electron chi connectivity index (χ1n) is 7.70. The molecule has 4 heteroatoms. The van der Waals surface area contributed by atoms with Crippen molar-refractivity contribution >= 4 is 5.69 Å². The molecule has 2 atom stereocenters. The van der Waals surface area contributed by atoms with Crippen LogP contribution in [0.25, 0.3) is 0 Å². The van der Waals surface area contributed by atoms with Crippen molar-refractivity contribution in [2.45, 2.75) is 44.2 Å². The molecule has 0 bridgehead atoms. The molecular formula is C17H28N2O2. The van der Waals surface area contributed by atoms with Gasteiger partial charge in [0.2, 0.25) is 0 Å². The summed E-state index contributed by atoms with van der Waals surface area (Å²) in [7, 11) is 3.82. The van der Waals surface area contributed by atoms with Gasteiger partial charge < -0.3 is 20.1 Å². The van der Waals surface area contributed by atoms with E-state index in [-0.39, 0.29) is 11.1 Å². The summed E-state index contributed by atoms with van der Waals surface area (Å²) in [6.45, 7) is 5.75. The molecule has 4 nitrogen and oxygen atoms in total. The maximum absolute atomic E-state index is 6.19. The van der Waals surface area contributed by atoms with Gasteiger partial charge in [-0.3, -0.25) is 0 Å². The molecule has 0 spiro atoms. The Morgan fingerprint density at radius 3 is 2.81 bits per heavy atom. The van der Waals surface area contributed by atoms with Gasteiger partial charge in [0, 0.05) is 38.4 Å². The molecule has 2 N–H and O–H groups in total. The zero-order valence-corrected chi connectivity index (χ0v) is 13.7. The zero-order chi connectivity index (χ0) is 15.5. The van der Waals surface area contributed by atoms with Crippen LogP contribution in [0.15, 0.2) is 24.3 Å². The highest BCUT2D eigenvalue weighted by Gasteiger charge is 2.44. The summed E-state index contributed by atoms with van der Waals surface area (Å²) in [4.78, 5) is 2.31. The van der Waals surface area contributed by atoms with Gasteiger partial charge in [-0.25, -0.2) is 0 Å². The third-order valence-corrected chi connectivity index (χ3v) is 5.00. The van der Waals surface area contributed by atoms with Gasteiger partial charge in [-0.05, 0) is 31.9 Å². The first kappa shape index (κ1) is 16.1. The van der Waals surface area contributed by atoms with E-state index in [1.165, 1.54) is 0 Å². The summed E-state index contributed by atoms with van der Waals surface area (Å²) in [6.07, 6.45) is 2.90. The van der Waals surface area contributed by atoms with E-state index in [0.717, 1.165) is 37.3 Å². The van der Waals surface area contributed by atoms with Gasteiger partial charge in [-0.1, -0.05) is 13.0 Å². The number of hydrogen-bond donors (Lipinski definition) is 1. The Kier molecular flexibility index (Phi) is 4.79. The fraction of sp³-hybridized carbons (Fsp3) is 0.647. The molecule has 1 aliphatic rings. The molecule has 0 aliphatic carbocycles. The van der Waals surface area contributed by atoms with E-state index in [0.29, 0.717) is 6.54 Å². The van der Waals surface area contributed by atoms with Gasteiger partial charge in [0.15, 0.2) is 0 Å². The molecule has 0 saturated carbocycles. The molecule has 0 amide bonds. The number of methoxy groups -OCH3 is 1. The quantitative estimate of drug-likeness (QED) is 0.906. The van der Waals surface area contributed by atoms with E-state index in [1.54, 1.807) is 7.11 Å². The van der Waals surface area contributed by atoms with Crippen LogP contribution in [-0.4, -0.2) is 38.4 Å². The second-order valence-corrected chi connectivity index (χ2v) is 6.27. The highest BCUT2D eigenvalue weighted by molar-refractivity contribution is 5.52. The van der Waals surface area contributed by atoms with Crippen LogP contribution in [0.4, 0.5) is 5.69 Å². The van der Waals surface area contributed by atoms with E-state index in [1.807, 2.05) is 12.1 Å². The third kappa shape index (κ3) is 3.16. The van der Waals surface area contributed by atoms with Crippen LogP contribution in [0.2, 0.25) is 0 Å².